The maximum Gasteiger partial charge on any atom is 0.165 e. The molecule has 1 fully saturated rings. The first-order chi connectivity index (χ1) is 13.8. The number of ether oxygens (including phenoxy) is 2. The normalized spacial score (nSPS) is 52.5. The summed E-state index contributed by atoms with van der Waals surface area (Å²) >= 11 is 0. The lowest BCUT2D eigenvalue weighted by molar-refractivity contribution is -0.0453. The standard InChI is InChI=1S/C18H21NO3/c1-19-8-7-18-11-4-5-13(20)17(18)22-16-14(21-2)6-3-10(15(16)18)9-12(11)19/h3-6,11-13,17,20H,7-9H2,1-2H3/t11-,12+,13?,17?,18-/m0/s1/i2D3,3D,6D,9D2,17D. The van der Waals surface area contributed by atoms with Crippen molar-refractivity contribution >= 4 is 0 Å². The summed E-state index contributed by atoms with van der Waals surface area (Å²) in [6.07, 6.45) is -1.91. The van der Waals surface area contributed by atoms with E-state index in [2.05, 4.69) is 0 Å². The molecule has 0 aromatic heterocycles. The molecule has 2 aliphatic heterocycles. The van der Waals surface area contributed by atoms with Crippen molar-refractivity contribution in [2.24, 2.45) is 5.92 Å². The maximum absolute atomic E-state index is 10.8. The summed E-state index contributed by atoms with van der Waals surface area (Å²) in [4.78, 5) is 1.84. The Morgan fingerprint density at radius 2 is 2.50 bits per heavy atom. The molecule has 1 spiro atoms. The molecule has 116 valence electrons. The molecule has 5 rings (SSSR count). The fourth-order valence-electron chi connectivity index (χ4n) is 4.53. The lowest BCUT2D eigenvalue weighted by Crippen LogP contribution is -2.64. The van der Waals surface area contributed by atoms with Gasteiger partial charge in [0.25, 0.3) is 0 Å². The highest BCUT2D eigenvalue weighted by molar-refractivity contribution is 5.62. The van der Waals surface area contributed by atoms with Crippen LogP contribution in [0.25, 0.3) is 0 Å². The summed E-state index contributed by atoms with van der Waals surface area (Å²) in [5.41, 5.74) is -1.07. The summed E-state index contributed by atoms with van der Waals surface area (Å²) in [5, 5.41) is 10.8. The third-order valence-electron chi connectivity index (χ3n) is 5.49. The van der Waals surface area contributed by atoms with Gasteiger partial charge in [-0.3, -0.25) is 0 Å². The first kappa shape index (κ1) is 7.37. The Kier molecular flexibility index (Phi) is 1.36. The Morgan fingerprint density at radius 3 is 3.36 bits per heavy atom. The molecule has 2 bridgehead atoms. The summed E-state index contributed by atoms with van der Waals surface area (Å²) in [6.45, 7) is 0.426. The predicted octanol–water partition coefficient (Wildman–Crippen LogP) is 1.50. The Labute approximate surface area is 141 Å². The molecule has 2 heterocycles. The van der Waals surface area contributed by atoms with Gasteiger partial charge in [-0.25, -0.2) is 0 Å². The molecule has 4 aliphatic rings. The number of likely N-dealkylation sites (N-methyl/N-ethyl adjacent to an activating group) is 1. The van der Waals surface area contributed by atoms with Crippen LogP contribution >= 0.6 is 0 Å². The van der Waals surface area contributed by atoms with Crippen LogP contribution < -0.4 is 9.47 Å². The topological polar surface area (TPSA) is 41.9 Å². The summed E-state index contributed by atoms with van der Waals surface area (Å²) in [5.74, 6) is -1.26. The van der Waals surface area contributed by atoms with Gasteiger partial charge in [-0.05, 0) is 38.0 Å². The Balaban J connectivity index is 1.93. The van der Waals surface area contributed by atoms with Crippen LogP contribution in [0.3, 0.4) is 0 Å². The highest BCUT2D eigenvalue weighted by Gasteiger charge is 2.64. The van der Waals surface area contributed by atoms with Crippen LogP contribution in [0.1, 0.15) is 28.5 Å². The van der Waals surface area contributed by atoms with Crippen molar-refractivity contribution in [2.75, 3.05) is 20.6 Å². The summed E-state index contributed by atoms with van der Waals surface area (Å²) in [6, 6.07) is -1.82. The van der Waals surface area contributed by atoms with Crippen LogP contribution in [-0.4, -0.2) is 48.9 Å². The van der Waals surface area contributed by atoms with Crippen LogP contribution in [-0.2, 0) is 11.8 Å². The molecule has 22 heavy (non-hydrogen) atoms. The van der Waals surface area contributed by atoms with E-state index in [1.54, 1.807) is 13.1 Å². The third-order valence-corrected chi connectivity index (χ3v) is 5.49. The van der Waals surface area contributed by atoms with Crippen LogP contribution in [0.5, 0.6) is 11.5 Å². The van der Waals surface area contributed by atoms with E-state index in [0.717, 1.165) is 0 Å². The van der Waals surface area contributed by atoms with E-state index in [0.29, 0.717) is 13.0 Å². The number of nitrogens with zero attached hydrogens (tertiary/aromatic N) is 1. The van der Waals surface area contributed by atoms with Crippen LogP contribution in [0.15, 0.2) is 24.2 Å². The van der Waals surface area contributed by atoms with Crippen molar-refractivity contribution in [2.45, 2.75) is 36.4 Å². The molecule has 0 saturated carbocycles. The minimum atomic E-state index is -2.93. The number of aliphatic hydroxyl groups excluding tert-OH is 1. The molecule has 1 aromatic rings. The van der Waals surface area contributed by atoms with E-state index in [4.69, 9.17) is 20.4 Å². The van der Waals surface area contributed by atoms with Gasteiger partial charge in [0.15, 0.2) is 11.5 Å². The van der Waals surface area contributed by atoms with Crippen molar-refractivity contribution in [3.63, 3.8) is 0 Å². The van der Waals surface area contributed by atoms with Gasteiger partial charge in [0.05, 0.1) is 15.3 Å². The van der Waals surface area contributed by atoms with Crippen molar-refractivity contribution < 1.29 is 25.5 Å². The minimum Gasteiger partial charge on any atom is -0.493 e. The van der Waals surface area contributed by atoms with Crippen LogP contribution in [0.4, 0.5) is 0 Å². The van der Waals surface area contributed by atoms with Gasteiger partial charge in [-0.1, -0.05) is 18.2 Å². The van der Waals surface area contributed by atoms with Crippen molar-refractivity contribution in [3.8, 4) is 11.5 Å². The lowest BCUT2D eigenvalue weighted by Gasteiger charge is -2.56. The zero-order valence-corrected chi connectivity index (χ0v) is 12.0. The SMILES string of the molecule is [2H]c1c([2H])c2c3c(c1OC([2H])([2H])[2H])OC1([2H])C(O)C=C[C@H]4[C@H](N(C)CC[C@@]341)C2([2H])[2H]. The molecule has 4 nitrogen and oxygen atoms in total. The molecule has 2 unspecified atom stereocenters. The molecule has 1 aromatic carbocycles. The quantitative estimate of drug-likeness (QED) is 0.799. The molecule has 1 N–H and O–H groups in total. The van der Waals surface area contributed by atoms with E-state index in [1.807, 2.05) is 4.90 Å². The van der Waals surface area contributed by atoms with Crippen molar-refractivity contribution in [1.82, 2.24) is 4.90 Å². The Bertz CT molecular complexity index is 995. The minimum absolute atomic E-state index is 0.0789. The Hall–Kier alpha value is -1.52. The molecule has 4 heteroatoms. The van der Waals surface area contributed by atoms with Crippen molar-refractivity contribution in [1.29, 1.82) is 0 Å². The second-order valence-corrected chi connectivity index (χ2v) is 6.37. The number of hydrogen-bond acceptors (Lipinski definition) is 4. The summed E-state index contributed by atoms with van der Waals surface area (Å²) in [7, 11) is -1.16. The largest absolute Gasteiger partial charge is 0.493 e. The number of aliphatic hydroxyl groups is 1. The molecule has 5 atom stereocenters. The van der Waals surface area contributed by atoms with Gasteiger partial charge in [0, 0.05) is 25.7 Å². The second kappa shape index (κ2) is 4.06. The smallest absolute Gasteiger partial charge is 0.165 e. The first-order valence-corrected chi connectivity index (χ1v) is 7.40. The summed E-state index contributed by atoms with van der Waals surface area (Å²) < 4.78 is 77.2. The molecule has 2 aliphatic carbocycles. The van der Waals surface area contributed by atoms with E-state index < -0.39 is 60.8 Å². The van der Waals surface area contributed by atoms with E-state index >= 15 is 0 Å². The van der Waals surface area contributed by atoms with Gasteiger partial charge in [0.1, 0.15) is 12.2 Å². The van der Waals surface area contributed by atoms with E-state index in [1.165, 1.54) is 6.08 Å². The second-order valence-electron chi connectivity index (χ2n) is 6.37. The third kappa shape index (κ3) is 1.28. The zero-order valence-electron chi connectivity index (χ0n) is 20.0. The van der Waals surface area contributed by atoms with Crippen LogP contribution in [0, 0.1) is 5.92 Å². The molecule has 0 radical (unpaired) electrons. The number of rotatable bonds is 1. The lowest BCUT2D eigenvalue weighted by atomic mass is 9.53. The zero-order chi connectivity index (χ0) is 22.0. The predicted molar refractivity (Wildman–Crippen MR) is 82.5 cm³/mol. The van der Waals surface area contributed by atoms with E-state index in [-0.39, 0.29) is 16.9 Å². The van der Waals surface area contributed by atoms with Gasteiger partial charge >= 0.3 is 0 Å². The Morgan fingerprint density at radius 1 is 1.59 bits per heavy atom. The van der Waals surface area contributed by atoms with Gasteiger partial charge in [-0.15, -0.1) is 0 Å². The fourth-order valence-corrected chi connectivity index (χ4v) is 4.53. The fraction of sp³-hybridized carbons (Fsp3) is 0.556. The number of hydrogen-bond donors (Lipinski definition) is 1. The van der Waals surface area contributed by atoms with E-state index in [9.17, 15) is 5.11 Å². The molecular weight excluding hydrogens is 278 g/mol. The number of benzene rings is 1. The van der Waals surface area contributed by atoms with Gasteiger partial charge in [-0.2, -0.15) is 0 Å². The molecule has 0 amide bonds. The number of methoxy groups -OCH3 is 1. The molecular formula is C18H21NO3. The van der Waals surface area contributed by atoms with Crippen molar-refractivity contribution in [3.05, 3.63) is 35.4 Å². The molecule has 1 saturated heterocycles. The average molecular weight is 307 g/mol. The number of likely N-dealkylation sites (tertiary alicyclic amines) is 1. The highest BCUT2D eigenvalue weighted by Crippen LogP contribution is 2.62. The van der Waals surface area contributed by atoms with Crippen LogP contribution in [0.2, 0.25) is 0 Å². The average Bonchev–Trinajstić information content (AvgIpc) is 2.89. The number of piperidine rings is 1. The monoisotopic (exact) mass is 307 g/mol. The maximum atomic E-state index is 10.8. The van der Waals surface area contributed by atoms with Gasteiger partial charge < -0.3 is 19.5 Å². The van der Waals surface area contributed by atoms with Gasteiger partial charge in [0.2, 0.25) is 0 Å². The first-order valence-electron chi connectivity index (χ1n) is 11.4. The highest BCUT2D eigenvalue weighted by atomic mass is 16.5.